The highest BCUT2D eigenvalue weighted by molar-refractivity contribution is 5.69. The maximum Gasteiger partial charge on any atom is 0.317 e. The first-order valence-electron chi connectivity index (χ1n) is 5.04. The Hall–Kier alpha value is -0.570. The Balaban J connectivity index is 3.75. The van der Waals surface area contributed by atoms with Crippen LogP contribution in [-0.2, 0) is 4.79 Å². The van der Waals surface area contributed by atoms with Gasteiger partial charge in [-0.2, -0.15) is 0 Å². The Morgan fingerprint density at radius 3 is 2.46 bits per heavy atom. The summed E-state index contributed by atoms with van der Waals surface area (Å²) in [7, 11) is 0. The molecule has 0 aliphatic rings. The zero-order valence-electron chi connectivity index (χ0n) is 8.92. The lowest BCUT2D eigenvalue weighted by Gasteiger charge is -2.21. The normalized spacial score (nSPS) is 13.2. The summed E-state index contributed by atoms with van der Waals surface area (Å²) in [6, 6.07) is 0. The molecule has 13 heavy (non-hydrogen) atoms. The predicted molar refractivity (Wildman–Crippen MR) is 53.8 cm³/mol. The Bertz CT molecular complexity index is 148. The van der Waals surface area contributed by atoms with Gasteiger partial charge in [0.25, 0.3) is 0 Å². The van der Waals surface area contributed by atoms with Gasteiger partial charge in [0.2, 0.25) is 0 Å². The maximum atomic E-state index is 10.5. The summed E-state index contributed by atoms with van der Waals surface area (Å²) >= 11 is 0. The second-order valence-corrected chi connectivity index (χ2v) is 3.62. The van der Waals surface area contributed by atoms with E-state index in [0.717, 1.165) is 13.1 Å². The van der Waals surface area contributed by atoms with Crippen molar-refractivity contribution < 1.29 is 9.90 Å². The smallest absolute Gasteiger partial charge is 0.317 e. The van der Waals surface area contributed by atoms with Crippen LogP contribution in [0.3, 0.4) is 0 Å². The van der Waals surface area contributed by atoms with Gasteiger partial charge in [0.1, 0.15) is 0 Å². The van der Waals surface area contributed by atoms with Crippen LogP contribution in [0.4, 0.5) is 0 Å². The third-order valence-electron chi connectivity index (χ3n) is 2.16. The number of hydrogen-bond acceptors (Lipinski definition) is 2. The molecule has 0 rings (SSSR count). The van der Waals surface area contributed by atoms with Gasteiger partial charge in [-0.1, -0.05) is 27.2 Å². The Kier molecular flexibility index (Phi) is 6.59. The number of carbonyl (C=O) groups is 1. The molecule has 78 valence electrons. The van der Waals surface area contributed by atoms with E-state index in [2.05, 4.69) is 13.8 Å². The molecule has 0 aromatic rings. The fourth-order valence-electron chi connectivity index (χ4n) is 1.52. The third kappa shape index (κ3) is 6.58. The number of carboxylic acids is 1. The summed E-state index contributed by atoms with van der Waals surface area (Å²) < 4.78 is 0. The molecule has 1 N–H and O–H groups in total. The first kappa shape index (κ1) is 12.4. The van der Waals surface area contributed by atoms with E-state index in [9.17, 15) is 4.79 Å². The van der Waals surface area contributed by atoms with Crippen LogP contribution < -0.4 is 0 Å². The van der Waals surface area contributed by atoms with Crippen LogP contribution in [0, 0.1) is 5.92 Å². The molecule has 0 aliphatic heterocycles. The van der Waals surface area contributed by atoms with E-state index in [4.69, 9.17) is 5.11 Å². The quantitative estimate of drug-likeness (QED) is 0.661. The molecule has 1 unspecified atom stereocenters. The molecule has 0 aliphatic carbocycles. The van der Waals surface area contributed by atoms with Gasteiger partial charge in [-0.25, -0.2) is 0 Å². The van der Waals surface area contributed by atoms with Crippen LogP contribution in [0.25, 0.3) is 0 Å². The SMILES string of the molecule is CCCC(C)CN(CC)CC(=O)O. The van der Waals surface area contributed by atoms with E-state index in [1.807, 2.05) is 11.8 Å². The van der Waals surface area contributed by atoms with E-state index in [1.165, 1.54) is 12.8 Å². The maximum absolute atomic E-state index is 10.5. The monoisotopic (exact) mass is 187 g/mol. The van der Waals surface area contributed by atoms with E-state index in [0.29, 0.717) is 5.92 Å². The molecule has 0 bridgehead atoms. The molecule has 0 aromatic carbocycles. The van der Waals surface area contributed by atoms with Crippen molar-refractivity contribution in [2.75, 3.05) is 19.6 Å². The largest absolute Gasteiger partial charge is 0.480 e. The fraction of sp³-hybridized carbons (Fsp3) is 0.900. The highest BCUT2D eigenvalue weighted by Crippen LogP contribution is 2.06. The first-order valence-corrected chi connectivity index (χ1v) is 5.04. The van der Waals surface area contributed by atoms with Gasteiger partial charge in [-0.05, 0) is 18.9 Å². The lowest BCUT2D eigenvalue weighted by molar-refractivity contribution is -0.138. The second-order valence-electron chi connectivity index (χ2n) is 3.62. The Morgan fingerprint density at radius 1 is 1.46 bits per heavy atom. The Morgan fingerprint density at radius 2 is 2.08 bits per heavy atom. The summed E-state index contributed by atoms with van der Waals surface area (Å²) in [6.45, 7) is 8.22. The third-order valence-corrected chi connectivity index (χ3v) is 2.16. The molecular weight excluding hydrogens is 166 g/mol. The van der Waals surface area contributed by atoms with E-state index in [1.54, 1.807) is 0 Å². The Labute approximate surface area is 80.7 Å². The number of likely N-dealkylation sites (N-methyl/N-ethyl adjacent to an activating group) is 1. The molecule has 0 saturated carbocycles. The van der Waals surface area contributed by atoms with Crippen molar-refractivity contribution in [3.05, 3.63) is 0 Å². The lowest BCUT2D eigenvalue weighted by atomic mass is 10.1. The van der Waals surface area contributed by atoms with E-state index >= 15 is 0 Å². The molecule has 0 radical (unpaired) electrons. The molecular formula is C10H21NO2. The lowest BCUT2D eigenvalue weighted by Crippen LogP contribution is -2.33. The van der Waals surface area contributed by atoms with Crippen molar-refractivity contribution >= 4 is 5.97 Å². The number of rotatable bonds is 7. The van der Waals surface area contributed by atoms with Crippen LogP contribution in [0.2, 0.25) is 0 Å². The molecule has 0 aromatic heterocycles. The average molecular weight is 187 g/mol. The van der Waals surface area contributed by atoms with Crippen molar-refractivity contribution in [2.45, 2.75) is 33.6 Å². The molecule has 0 fully saturated rings. The van der Waals surface area contributed by atoms with Crippen molar-refractivity contribution in [1.82, 2.24) is 4.90 Å². The van der Waals surface area contributed by atoms with Gasteiger partial charge >= 0.3 is 5.97 Å². The summed E-state index contributed by atoms with van der Waals surface area (Å²) in [6.07, 6.45) is 2.35. The van der Waals surface area contributed by atoms with Crippen molar-refractivity contribution in [2.24, 2.45) is 5.92 Å². The van der Waals surface area contributed by atoms with Gasteiger partial charge in [0.15, 0.2) is 0 Å². The molecule has 3 heteroatoms. The number of hydrogen-bond donors (Lipinski definition) is 1. The standard InChI is InChI=1S/C10H21NO2/c1-4-6-9(3)7-11(5-2)8-10(12)13/h9H,4-8H2,1-3H3,(H,12,13). The first-order chi connectivity index (χ1) is 6.10. The molecule has 1 atom stereocenters. The van der Waals surface area contributed by atoms with Crippen molar-refractivity contribution in [3.8, 4) is 0 Å². The molecule has 0 amide bonds. The minimum Gasteiger partial charge on any atom is -0.480 e. The highest BCUT2D eigenvalue weighted by atomic mass is 16.4. The number of carboxylic acid groups (broad SMARTS) is 1. The zero-order chi connectivity index (χ0) is 10.3. The molecule has 3 nitrogen and oxygen atoms in total. The van der Waals surface area contributed by atoms with Crippen LogP contribution >= 0.6 is 0 Å². The minimum atomic E-state index is -0.731. The second kappa shape index (κ2) is 6.89. The van der Waals surface area contributed by atoms with E-state index < -0.39 is 5.97 Å². The minimum absolute atomic E-state index is 0.171. The summed E-state index contributed by atoms with van der Waals surface area (Å²) in [5.74, 6) is -0.130. The van der Waals surface area contributed by atoms with Gasteiger partial charge in [0, 0.05) is 6.54 Å². The molecule has 0 heterocycles. The van der Waals surface area contributed by atoms with Crippen molar-refractivity contribution in [1.29, 1.82) is 0 Å². The summed E-state index contributed by atoms with van der Waals surface area (Å²) in [5.41, 5.74) is 0. The topological polar surface area (TPSA) is 40.5 Å². The van der Waals surface area contributed by atoms with Gasteiger partial charge in [-0.15, -0.1) is 0 Å². The summed E-state index contributed by atoms with van der Waals surface area (Å²) in [4.78, 5) is 12.4. The van der Waals surface area contributed by atoms with Gasteiger partial charge < -0.3 is 5.11 Å². The van der Waals surface area contributed by atoms with Crippen LogP contribution in [0.5, 0.6) is 0 Å². The van der Waals surface area contributed by atoms with Gasteiger partial charge in [-0.3, -0.25) is 9.69 Å². The zero-order valence-corrected chi connectivity index (χ0v) is 8.92. The van der Waals surface area contributed by atoms with Crippen LogP contribution in [0.1, 0.15) is 33.6 Å². The molecule has 0 spiro atoms. The van der Waals surface area contributed by atoms with Gasteiger partial charge in [0.05, 0.1) is 6.54 Å². The highest BCUT2D eigenvalue weighted by Gasteiger charge is 2.10. The fourth-order valence-corrected chi connectivity index (χ4v) is 1.52. The number of aliphatic carboxylic acids is 1. The summed E-state index contributed by atoms with van der Waals surface area (Å²) in [5, 5.41) is 8.62. The average Bonchev–Trinajstić information content (AvgIpc) is 2.02. The predicted octanol–water partition coefficient (Wildman–Crippen LogP) is 1.83. The van der Waals surface area contributed by atoms with Crippen LogP contribution in [0.15, 0.2) is 0 Å². The van der Waals surface area contributed by atoms with Crippen LogP contribution in [-0.4, -0.2) is 35.6 Å². The number of nitrogens with zero attached hydrogens (tertiary/aromatic N) is 1. The van der Waals surface area contributed by atoms with Crippen molar-refractivity contribution in [3.63, 3.8) is 0 Å². The molecule has 0 saturated heterocycles. The van der Waals surface area contributed by atoms with E-state index in [-0.39, 0.29) is 6.54 Å².